The van der Waals surface area contributed by atoms with Crippen molar-refractivity contribution in [2.24, 2.45) is 0 Å². The molecule has 4 nitrogen and oxygen atoms in total. The van der Waals surface area contributed by atoms with E-state index in [1.165, 1.54) is 0 Å². The van der Waals surface area contributed by atoms with Crippen LogP contribution in [0, 0.1) is 0 Å². The van der Waals surface area contributed by atoms with Crippen LogP contribution in [0.4, 0.5) is 0 Å². The summed E-state index contributed by atoms with van der Waals surface area (Å²) in [6, 6.07) is 11.3. The Morgan fingerprint density at radius 2 is 1.70 bits per heavy atom. The largest absolute Gasteiger partial charge is 0.497 e. The van der Waals surface area contributed by atoms with Gasteiger partial charge >= 0.3 is 0 Å². The fourth-order valence-electron chi connectivity index (χ4n) is 2.05. The number of imidazole rings is 1. The summed E-state index contributed by atoms with van der Waals surface area (Å²) >= 11 is 6.21. The van der Waals surface area contributed by atoms with Crippen LogP contribution in [0.3, 0.4) is 0 Å². The van der Waals surface area contributed by atoms with E-state index in [2.05, 4.69) is 9.97 Å². The number of fused-ring (bicyclic) bond motifs is 1. The molecular weight excluding hydrogens is 276 g/mol. The highest BCUT2D eigenvalue weighted by atomic mass is 35.5. The molecule has 3 rings (SSSR count). The molecule has 0 saturated carbocycles. The number of nitrogens with zero attached hydrogens (tertiary/aromatic N) is 1. The topological polar surface area (TPSA) is 47.1 Å². The Bertz CT molecular complexity index is 750. The molecule has 1 N–H and O–H groups in total. The number of halogens is 1. The van der Waals surface area contributed by atoms with Gasteiger partial charge in [0, 0.05) is 17.7 Å². The summed E-state index contributed by atoms with van der Waals surface area (Å²) in [7, 11) is 3.25. The first-order valence-corrected chi connectivity index (χ1v) is 6.46. The summed E-state index contributed by atoms with van der Waals surface area (Å²) < 4.78 is 10.3. The Kier molecular flexibility index (Phi) is 3.24. The highest BCUT2D eigenvalue weighted by molar-refractivity contribution is 6.35. The molecule has 20 heavy (non-hydrogen) atoms. The van der Waals surface area contributed by atoms with E-state index in [0.29, 0.717) is 10.8 Å². The number of benzene rings is 2. The monoisotopic (exact) mass is 288 g/mol. The standard InChI is InChI=1S/C15H13ClN2O2/c1-19-10-5-3-9(4-6-10)15-17-13-8-11(20-2)7-12(16)14(13)18-15/h3-8H,1-2H3,(H,17,18). The average molecular weight is 289 g/mol. The summed E-state index contributed by atoms with van der Waals surface area (Å²) in [6.07, 6.45) is 0. The van der Waals surface area contributed by atoms with E-state index in [9.17, 15) is 0 Å². The molecule has 102 valence electrons. The first kappa shape index (κ1) is 12.8. The zero-order chi connectivity index (χ0) is 14.1. The van der Waals surface area contributed by atoms with E-state index in [1.54, 1.807) is 20.3 Å². The van der Waals surface area contributed by atoms with E-state index in [-0.39, 0.29) is 0 Å². The molecule has 1 heterocycles. The van der Waals surface area contributed by atoms with Crippen molar-refractivity contribution in [1.29, 1.82) is 0 Å². The third-order valence-corrected chi connectivity index (χ3v) is 3.40. The molecule has 3 aromatic rings. The molecule has 0 aliphatic rings. The van der Waals surface area contributed by atoms with Gasteiger partial charge in [-0.2, -0.15) is 0 Å². The van der Waals surface area contributed by atoms with E-state index < -0.39 is 0 Å². The summed E-state index contributed by atoms with van der Waals surface area (Å²) in [5, 5.41) is 0.565. The SMILES string of the molecule is COc1ccc(-c2nc3c(Cl)cc(OC)cc3[nH]2)cc1. The van der Waals surface area contributed by atoms with Gasteiger partial charge in [-0.15, -0.1) is 0 Å². The van der Waals surface area contributed by atoms with Gasteiger partial charge in [-0.3, -0.25) is 0 Å². The Hall–Kier alpha value is -2.20. The summed E-state index contributed by atoms with van der Waals surface area (Å²) in [6.45, 7) is 0. The number of nitrogens with one attached hydrogen (secondary N) is 1. The van der Waals surface area contributed by atoms with Crippen molar-refractivity contribution < 1.29 is 9.47 Å². The van der Waals surface area contributed by atoms with E-state index in [4.69, 9.17) is 21.1 Å². The minimum atomic E-state index is 0.565. The molecule has 1 aromatic heterocycles. The molecule has 2 aromatic carbocycles. The molecule has 0 fully saturated rings. The van der Waals surface area contributed by atoms with Gasteiger partial charge in [0.15, 0.2) is 0 Å². The predicted octanol–water partition coefficient (Wildman–Crippen LogP) is 3.90. The van der Waals surface area contributed by atoms with E-state index in [0.717, 1.165) is 28.2 Å². The highest BCUT2D eigenvalue weighted by Crippen LogP contribution is 2.30. The number of hydrogen-bond acceptors (Lipinski definition) is 3. The van der Waals surface area contributed by atoms with Crippen molar-refractivity contribution in [2.75, 3.05) is 14.2 Å². The highest BCUT2D eigenvalue weighted by Gasteiger charge is 2.10. The molecule has 5 heteroatoms. The third-order valence-electron chi connectivity index (χ3n) is 3.11. The van der Waals surface area contributed by atoms with Gasteiger partial charge in [0.2, 0.25) is 0 Å². The van der Waals surface area contributed by atoms with Gasteiger partial charge in [-0.1, -0.05) is 11.6 Å². The second-order valence-electron chi connectivity index (χ2n) is 4.32. The van der Waals surface area contributed by atoms with Crippen LogP contribution in [0.5, 0.6) is 11.5 Å². The van der Waals surface area contributed by atoms with E-state index in [1.807, 2.05) is 30.3 Å². The van der Waals surface area contributed by atoms with Crippen LogP contribution in [0.15, 0.2) is 36.4 Å². The minimum Gasteiger partial charge on any atom is -0.497 e. The lowest BCUT2D eigenvalue weighted by Gasteiger charge is -2.00. The van der Waals surface area contributed by atoms with Gasteiger partial charge in [0.05, 0.1) is 24.8 Å². The van der Waals surface area contributed by atoms with Crippen molar-refractivity contribution in [3.63, 3.8) is 0 Å². The van der Waals surface area contributed by atoms with Crippen molar-refractivity contribution in [1.82, 2.24) is 9.97 Å². The lowest BCUT2D eigenvalue weighted by atomic mass is 10.2. The zero-order valence-electron chi connectivity index (χ0n) is 11.1. The Labute approximate surface area is 121 Å². The van der Waals surface area contributed by atoms with Crippen LogP contribution in [0.25, 0.3) is 22.4 Å². The predicted molar refractivity (Wildman–Crippen MR) is 79.6 cm³/mol. The normalized spacial score (nSPS) is 10.8. The lowest BCUT2D eigenvalue weighted by Crippen LogP contribution is -1.83. The molecule has 0 spiro atoms. The second-order valence-corrected chi connectivity index (χ2v) is 4.73. The van der Waals surface area contributed by atoms with Crippen LogP contribution >= 0.6 is 11.6 Å². The van der Waals surface area contributed by atoms with Crippen LogP contribution in [0.2, 0.25) is 5.02 Å². The fraction of sp³-hybridized carbons (Fsp3) is 0.133. The van der Waals surface area contributed by atoms with E-state index >= 15 is 0 Å². The Balaban J connectivity index is 2.09. The maximum atomic E-state index is 6.21. The third kappa shape index (κ3) is 2.18. The molecule has 0 radical (unpaired) electrons. The average Bonchev–Trinajstić information content (AvgIpc) is 2.92. The second kappa shape index (κ2) is 5.06. The van der Waals surface area contributed by atoms with Crippen LogP contribution in [-0.4, -0.2) is 24.2 Å². The molecule has 0 aliphatic heterocycles. The first-order valence-electron chi connectivity index (χ1n) is 6.09. The maximum absolute atomic E-state index is 6.21. The Morgan fingerprint density at radius 3 is 2.35 bits per heavy atom. The smallest absolute Gasteiger partial charge is 0.138 e. The van der Waals surface area contributed by atoms with Gasteiger partial charge in [0.1, 0.15) is 22.8 Å². The lowest BCUT2D eigenvalue weighted by molar-refractivity contribution is 0.415. The number of aromatic amines is 1. The number of hydrogen-bond donors (Lipinski definition) is 1. The first-order chi connectivity index (χ1) is 9.71. The number of aromatic nitrogens is 2. The minimum absolute atomic E-state index is 0.565. The Morgan fingerprint density at radius 1 is 1.00 bits per heavy atom. The van der Waals surface area contributed by atoms with Gasteiger partial charge < -0.3 is 14.5 Å². The van der Waals surface area contributed by atoms with Crippen molar-refractivity contribution in [3.05, 3.63) is 41.4 Å². The van der Waals surface area contributed by atoms with Crippen molar-refractivity contribution in [2.45, 2.75) is 0 Å². The molecule has 0 saturated heterocycles. The number of rotatable bonds is 3. The number of methoxy groups -OCH3 is 2. The van der Waals surface area contributed by atoms with Gasteiger partial charge in [-0.25, -0.2) is 4.98 Å². The summed E-state index contributed by atoms with van der Waals surface area (Å²) in [5.74, 6) is 2.27. The van der Waals surface area contributed by atoms with Crippen molar-refractivity contribution >= 4 is 22.6 Å². The molecule has 0 bridgehead atoms. The number of ether oxygens (including phenoxy) is 2. The molecular formula is C15H13ClN2O2. The fourth-order valence-corrected chi connectivity index (χ4v) is 2.31. The molecule has 0 unspecified atom stereocenters. The van der Waals surface area contributed by atoms with Gasteiger partial charge in [-0.05, 0) is 24.3 Å². The van der Waals surface area contributed by atoms with Crippen molar-refractivity contribution in [3.8, 4) is 22.9 Å². The zero-order valence-corrected chi connectivity index (χ0v) is 11.9. The van der Waals surface area contributed by atoms with Gasteiger partial charge in [0.25, 0.3) is 0 Å². The summed E-state index contributed by atoms with van der Waals surface area (Å²) in [5.41, 5.74) is 2.55. The molecule has 0 aliphatic carbocycles. The van der Waals surface area contributed by atoms with Crippen LogP contribution in [-0.2, 0) is 0 Å². The van der Waals surface area contributed by atoms with Crippen LogP contribution < -0.4 is 9.47 Å². The molecule has 0 amide bonds. The van der Waals surface area contributed by atoms with Crippen LogP contribution in [0.1, 0.15) is 0 Å². The quantitative estimate of drug-likeness (QED) is 0.795. The summed E-state index contributed by atoms with van der Waals surface area (Å²) in [4.78, 5) is 7.78. The maximum Gasteiger partial charge on any atom is 0.138 e. The number of H-pyrrole nitrogens is 1. The molecule has 0 atom stereocenters.